The van der Waals surface area contributed by atoms with Crippen LogP contribution in [0.1, 0.15) is 0 Å². The van der Waals surface area contributed by atoms with Gasteiger partial charge >= 0.3 is 17.9 Å². The summed E-state index contributed by atoms with van der Waals surface area (Å²) in [4.78, 5) is 32.3. The summed E-state index contributed by atoms with van der Waals surface area (Å²) in [6.07, 6.45) is 7.81. The number of carbonyl (C=O) groups excluding carboxylic acids is 2. The van der Waals surface area contributed by atoms with Crippen LogP contribution in [0.25, 0.3) is 0 Å². The van der Waals surface area contributed by atoms with Crippen LogP contribution in [-0.4, -0.2) is 39.8 Å². The topological polar surface area (TPSA) is 108 Å². The van der Waals surface area contributed by atoms with Gasteiger partial charge < -0.3 is 10.4 Å². The number of carbonyl (C=O) groups is 3. The van der Waals surface area contributed by atoms with E-state index in [0.717, 1.165) is 0 Å². The van der Waals surface area contributed by atoms with Gasteiger partial charge in [-0.2, -0.15) is 0 Å². The van der Waals surface area contributed by atoms with Gasteiger partial charge in [-0.25, -0.2) is 9.59 Å². The molecule has 2 rings (SSSR count). The minimum atomic E-state index is -1.70. The van der Waals surface area contributed by atoms with E-state index in [-0.39, 0.29) is 16.8 Å². The van der Waals surface area contributed by atoms with E-state index in [1.165, 1.54) is 11.8 Å². The Hall–Kier alpha value is -1.80. The van der Waals surface area contributed by atoms with Crippen molar-refractivity contribution in [2.75, 3.05) is 0 Å². The third kappa shape index (κ3) is 2.90. The highest BCUT2D eigenvalue weighted by atomic mass is 32.2. The fourth-order valence-corrected chi connectivity index (χ4v) is 2.87. The Kier molecular flexibility index (Phi) is 3.68. The number of amides is 3. The molecule has 1 aliphatic heterocycles. The molecule has 0 spiro atoms. The summed E-state index contributed by atoms with van der Waals surface area (Å²) in [6, 6.07) is -0.709. The van der Waals surface area contributed by atoms with Crippen molar-refractivity contribution in [1.82, 2.24) is 16.0 Å². The third-order valence-corrected chi connectivity index (χ3v) is 3.70. The second-order valence-electron chi connectivity index (χ2n) is 3.68. The van der Waals surface area contributed by atoms with Gasteiger partial charge in [-0.3, -0.25) is 15.4 Å². The number of urea groups is 1. The molecule has 1 heterocycles. The number of imide groups is 1. The van der Waals surface area contributed by atoms with Gasteiger partial charge in [-0.1, -0.05) is 24.3 Å². The van der Waals surface area contributed by atoms with Crippen molar-refractivity contribution < 1.29 is 19.5 Å². The Morgan fingerprint density at radius 2 is 1.94 bits per heavy atom. The van der Waals surface area contributed by atoms with Crippen LogP contribution in [0.15, 0.2) is 24.3 Å². The molecule has 0 saturated carbocycles. The summed E-state index contributed by atoms with van der Waals surface area (Å²) in [5.74, 6) is -3.05. The Morgan fingerprint density at radius 3 is 2.61 bits per heavy atom. The lowest BCUT2D eigenvalue weighted by Crippen LogP contribution is -2.49. The standard InChI is InChI=1S/C10H11N3O4S/c14-7(8(15)16)12-9(17)13-10-11-5-3-1-2-4-6(5)18-10/h1-6,10-11H,(H,15,16)(H2,12,13,14,17). The van der Waals surface area contributed by atoms with E-state index in [1.54, 1.807) is 5.32 Å². The molecule has 0 radical (unpaired) electrons. The number of hydrogen-bond donors (Lipinski definition) is 4. The maximum atomic E-state index is 11.3. The van der Waals surface area contributed by atoms with Crippen LogP contribution in [-0.2, 0) is 9.59 Å². The number of carboxylic acids is 1. The first-order valence-corrected chi connectivity index (χ1v) is 6.12. The van der Waals surface area contributed by atoms with Crippen molar-refractivity contribution in [2.45, 2.75) is 16.8 Å². The number of aliphatic carboxylic acids is 1. The molecule has 1 aliphatic carbocycles. The molecule has 4 N–H and O–H groups in total. The lowest BCUT2D eigenvalue weighted by Gasteiger charge is -2.13. The SMILES string of the molecule is O=C(NC(=O)C(=O)O)NC1NC2C=CC=CC2S1. The molecule has 3 amide bonds. The van der Waals surface area contributed by atoms with Crippen LogP contribution in [0.3, 0.4) is 0 Å². The van der Waals surface area contributed by atoms with E-state index in [9.17, 15) is 14.4 Å². The van der Waals surface area contributed by atoms with Crippen LogP contribution >= 0.6 is 11.8 Å². The molecule has 1 fully saturated rings. The van der Waals surface area contributed by atoms with Gasteiger partial charge in [-0.15, -0.1) is 11.8 Å². The normalized spacial score (nSPS) is 28.6. The molecule has 7 nitrogen and oxygen atoms in total. The van der Waals surface area contributed by atoms with E-state index in [0.29, 0.717) is 0 Å². The van der Waals surface area contributed by atoms with Crippen molar-refractivity contribution in [3.8, 4) is 0 Å². The van der Waals surface area contributed by atoms with Gasteiger partial charge in [0.05, 0.1) is 0 Å². The average molecular weight is 269 g/mol. The highest BCUT2D eigenvalue weighted by Crippen LogP contribution is 2.29. The summed E-state index contributed by atoms with van der Waals surface area (Å²) in [6.45, 7) is 0. The van der Waals surface area contributed by atoms with Crippen molar-refractivity contribution in [2.24, 2.45) is 0 Å². The van der Waals surface area contributed by atoms with Crippen molar-refractivity contribution in [3.05, 3.63) is 24.3 Å². The van der Waals surface area contributed by atoms with Crippen molar-refractivity contribution in [3.63, 3.8) is 0 Å². The molecule has 2 aliphatic rings. The molecule has 0 aromatic rings. The Labute approximate surface area is 107 Å². The summed E-state index contributed by atoms with van der Waals surface area (Å²) in [7, 11) is 0. The van der Waals surface area contributed by atoms with E-state index in [1.807, 2.05) is 24.3 Å². The summed E-state index contributed by atoms with van der Waals surface area (Å²) < 4.78 is 0. The van der Waals surface area contributed by atoms with Crippen LogP contribution < -0.4 is 16.0 Å². The molecule has 0 aromatic carbocycles. The van der Waals surface area contributed by atoms with E-state index < -0.39 is 17.9 Å². The average Bonchev–Trinajstić information content (AvgIpc) is 2.70. The zero-order valence-corrected chi connectivity index (χ0v) is 9.94. The summed E-state index contributed by atoms with van der Waals surface area (Å²) >= 11 is 1.48. The zero-order valence-electron chi connectivity index (χ0n) is 9.12. The summed E-state index contributed by atoms with van der Waals surface area (Å²) in [5, 5.41) is 15.8. The van der Waals surface area contributed by atoms with Crippen LogP contribution in [0, 0.1) is 0 Å². The van der Waals surface area contributed by atoms with Crippen molar-refractivity contribution in [1.29, 1.82) is 0 Å². The monoisotopic (exact) mass is 269 g/mol. The molecule has 0 bridgehead atoms. The van der Waals surface area contributed by atoms with Crippen LogP contribution in [0.4, 0.5) is 4.79 Å². The fourth-order valence-electron chi connectivity index (χ4n) is 1.63. The number of thioether (sulfide) groups is 1. The van der Waals surface area contributed by atoms with E-state index >= 15 is 0 Å². The minimum Gasteiger partial charge on any atom is -0.474 e. The molecular weight excluding hydrogens is 258 g/mol. The zero-order chi connectivity index (χ0) is 13.1. The van der Waals surface area contributed by atoms with Crippen LogP contribution in [0.2, 0.25) is 0 Å². The smallest absolute Gasteiger partial charge is 0.394 e. The third-order valence-electron chi connectivity index (χ3n) is 2.40. The molecular formula is C10H11N3O4S. The largest absolute Gasteiger partial charge is 0.474 e. The Bertz CT molecular complexity index is 428. The molecule has 3 unspecified atom stereocenters. The van der Waals surface area contributed by atoms with Gasteiger partial charge in [0.2, 0.25) is 0 Å². The molecule has 0 aromatic heterocycles. The highest BCUT2D eigenvalue weighted by molar-refractivity contribution is 8.00. The predicted octanol–water partition coefficient (Wildman–Crippen LogP) is -0.620. The second-order valence-corrected chi connectivity index (χ2v) is 4.96. The van der Waals surface area contributed by atoms with E-state index in [2.05, 4.69) is 10.6 Å². The number of hydrogen-bond acceptors (Lipinski definition) is 5. The number of carboxylic acid groups (broad SMARTS) is 1. The Morgan fingerprint density at radius 1 is 1.22 bits per heavy atom. The minimum absolute atomic E-state index is 0.125. The number of nitrogens with one attached hydrogen (secondary N) is 3. The second kappa shape index (κ2) is 5.23. The lowest BCUT2D eigenvalue weighted by molar-refractivity contribution is -0.149. The summed E-state index contributed by atoms with van der Waals surface area (Å²) in [5.41, 5.74) is -0.367. The first-order valence-electron chi connectivity index (χ1n) is 5.17. The van der Waals surface area contributed by atoms with E-state index in [4.69, 9.17) is 5.11 Å². The highest BCUT2D eigenvalue weighted by Gasteiger charge is 2.33. The predicted molar refractivity (Wildman–Crippen MR) is 64.7 cm³/mol. The maximum absolute atomic E-state index is 11.3. The molecule has 18 heavy (non-hydrogen) atoms. The fraction of sp³-hybridized carbons (Fsp3) is 0.300. The lowest BCUT2D eigenvalue weighted by atomic mass is 10.1. The van der Waals surface area contributed by atoms with Gasteiger partial charge in [0.25, 0.3) is 0 Å². The van der Waals surface area contributed by atoms with Gasteiger partial charge in [0.15, 0.2) is 0 Å². The maximum Gasteiger partial charge on any atom is 0.394 e. The number of allylic oxidation sites excluding steroid dienone is 2. The van der Waals surface area contributed by atoms with Gasteiger partial charge in [0, 0.05) is 11.3 Å². The molecule has 1 saturated heterocycles. The van der Waals surface area contributed by atoms with Gasteiger partial charge in [0.1, 0.15) is 5.50 Å². The van der Waals surface area contributed by atoms with Crippen LogP contribution in [0.5, 0.6) is 0 Å². The first-order chi connectivity index (χ1) is 8.56. The number of rotatable bonds is 1. The first kappa shape index (κ1) is 12.7. The van der Waals surface area contributed by atoms with Crippen molar-refractivity contribution >= 4 is 29.7 Å². The molecule has 8 heteroatoms. The molecule has 96 valence electrons. The quantitative estimate of drug-likeness (QED) is 0.473. The molecule has 3 atom stereocenters. The number of fused-ring (bicyclic) bond motifs is 1. The van der Waals surface area contributed by atoms with Gasteiger partial charge in [-0.05, 0) is 0 Å². The Balaban J connectivity index is 1.83.